The van der Waals surface area contributed by atoms with Gasteiger partial charge in [0.15, 0.2) is 0 Å². The lowest BCUT2D eigenvalue weighted by molar-refractivity contribution is 1.11. The normalized spacial score (nSPS) is 9.50. The molecule has 3 nitrogen and oxygen atoms in total. The molecule has 1 aromatic heterocycles. The maximum atomic E-state index is 5.58. The molecule has 4 heteroatoms. The van der Waals surface area contributed by atoms with Gasteiger partial charge in [-0.25, -0.2) is 4.98 Å². The smallest absolute Gasteiger partial charge is 0.149 e. The minimum atomic E-state index is 0.412. The number of rotatable bonds is 1. The van der Waals surface area contributed by atoms with E-state index in [0.717, 1.165) is 11.5 Å². The summed E-state index contributed by atoms with van der Waals surface area (Å²) in [4.78, 5) is 7.98. The molecule has 0 amide bonds. The third kappa shape index (κ3) is 1.36. The molecule has 1 heterocycles. The van der Waals surface area contributed by atoms with Gasteiger partial charge in [0.1, 0.15) is 11.0 Å². The van der Waals surface area contributed by atoms with Crippen molar-refractivity contribution in [1.82, 2.24) is 9.97 Å². The summed E-state index contributed by atoms with van der Waals surface area (Å²) in [5, 5.41) is 3.29. The van der Waals surface area contributed by atoms with E-state index in [2.05, 4.69) is 15.3 Å². The van der Waals surface area contributed by atoms with Crippen LogP contribution in [0.5, 0.6) is 0 Å². The first-order valence-electron chi connectivity index (χ1n) is 2.91. The predicted molar refractivity (Wildman–Crippen MR) is 41.3 cm³/mol. The summed E-state index contributed by atoms with van der Waals surface area (Å²) in [7, 11) is 1.79. The number of aryl methyl sites for hydroxylation is 1. The van der Waals surface area contributed by atoms with Crippen LogP contribution in [0.3, 0.4) is 0 Å². The van der Waals surface area contributed by atoms with E-state index in [-0.39, 0.29) is 0 Å². The standard InChI is InChI=1S/C6H8ClN3/c1-4-6(8-2)10-5(7)3-9-4/h3H,1-2H3,(H,8,10). The summed E-state index contributed by atoms with van der Waals surface area (Å²) in [6.45, 7) is 1.87. The molecule has 0 unspecified atom stereocenters. The second-order valence-corrected chi connectivity index (χ2v) is 2.26. The summed E-state index contributed by atoms with van der Waals surface area (Å²) in [5.74, 6) is 0.729. The van der Waals surface area contributed by atoms with Crippen LogP contribution in [0.2, 0.25) is 5.15 Å². The third-order valence-corrected chi connectivity index (χ3v) is 1.34. The summed E-state index contributed by atoms with van der Waals surface area (Å²) in [6, 6.07) is 0. The average Bonchev–Trinajstić information content (AvgIpc) is 1.94. The maximum absolute atomic E-state index is 5.58. The van der Waals surface area contributed by atoms with Crippen molar-refractivity contribution in [2.24, 2.45) is 0 Å². The van der Waals surface area contributed by atoms with Gasteiger partial charge in [0.2, 0.25) is 0 Å². The van der Waals surface area contributed by atoms with Crippen molar-refractivity contribution in [3.05, 3.63) is 17.0 Å². The Morgan fingerprint density at radius 2 is 2.30 bits per heavy atom. The van der Waals surface area contributed by atoms with Crippen LogP contribution >= 0.6 is 11.6 Å². The van der Waals surface area contributed by atoms with E-state index in [1.54, 1.807) is 7.05 Å². The summed E-state index contributed by atoms with van der Waals surface area (Å²) in [5.41, 5.74) is 0.854. The first-order valence-corrected chi connectivity index (χ1v) is 3.28. The molecule has 0 bridgehead atoms. The number of hydrogen-bond acceptors (Lipinski definition) is 3. The van der Waals surface area contributed by atoms with Gasteiger partial charge in [-0.15, -0.1) is 0 Å². The van der Waals surface area contributed by atoms with Crippen LogP contribution in [0, 0.1) is 6.92 Å². The van der Waals surface area contributed by atoms with Crippen molar-refractivity contribution in [1.29, 1.82) is 0 Å². The van der Waals surface area contributed by atoms with Crippen LogP contribution in [0.4, 0.5) is 5.82 Å². The van der Waals surface area contributed by atoms with Gasteiger partial charge in [0, 0.05) is 7.05 Å². The fourth-order valence-corrected chi connectivity index (χ4v) is 0.798. The highest BCUT2D eigenvalue weighted by Crippen LogP contribution is 2.10. The lowest BCUT2D eigenvalue weighted by Gasteiger charge is -2.00. The molecule has 54 valence electrons. The Morgan fingerprint density at radius 1 is 1.60 bits per heavy atom. The average molecular weight is 158 g/mol. The SMILES string of the molecule is CNc1nc(Cl)cnc1C. The van der Waals surface area contributed by atoms with Gasteiger partial charge in [-0.3, -0.25) is 4.98 Å². The van der Waals surface area contributed by atoms with Crippen LogP contribution in [-0.2, 0) is 0 Å². The van der Waals surface area contributed by atoms with Crippen molar-refractivity contribution in [3.63, 3.8) is 0 Å². The van der Waals surface area contributed by atoms with Crippen LogP contribution in [0.15, 0.2) is 6.20 Å². The lowest BCUT2D eigenvalue weighted by Crippen LogP contribution is -1.97. The minimum Gasteiger partial charge on any atom is -0.372 e. The van der Waals surface area contributed by atoms with Gasteiger partial charge in [0.05, 0.1) is 11.9 Å². The number of nitrogens with one attached hydrogen (secondary N) is 1. The Kier molecular flexibility index (Phi) is 2.06. The molecule has 0 spiro atoms. The fourth-order valence-electron chi connectivity index (χ4n) is 0.665. The van der Waals surface area contributed by atoms with Crippen molar-refractivity contribution >= 4 is 17.4 Å². The Labute approximate surface area is 64.5 Å². The van der Waals surface area contributed by atoms with Crippen molar-refractivity contribution in [3.8, 4) is 0 Å². The molecule has 0 aliphatic rings. The van der Waals surface area contributed by atoms with E-state index >= 15 is 0 Å². The molecule has 0 aliphatic heterocycles. The fraction of sp³-hybridized carbons (Fsp3) is 0.333. The Bertz CT molecular complexity index is 236. The van der Waals surface area contributed by atoms with E-state index in [1.807, 2.05) is 6.92 Å². The zero-order valence-electron chi connectivity index (χ0n) is 5.85. The Morgan fingerprint density at radius 3 is 2.80 bits per heavy atom. The van der Waals surface area contributed by atoms with Gasteiger partial charge in [0.25, 0.3) is 0 Å². The molecule has 1 aromatic rings. The maximum Gasteiger partial charge on any atom is 0.149 e. The first kappa shape index (κ1) is 7.28. The zero-order valence-corrected chi connectivity index (χ0v) is 6.61. The molecule has 1 rings (SSSR count). The highest BCUT2D eigenvalue weighted by atomic mass is 35.5. The third-order valence-electron chi connectivity index (χ3n) is 1.16. The molecule has 0 radical (unpaired) electrons. The van der Waals surface area contributed by atoms with E-state index in [4.69, 9.17) is 11.6 Å². The molecule has 0 fully saturated rings. The van der Waals surface area contributed by atoms with Crippen molar-refractivity contribution in [2.45, 2.75) is 6.92 Å². The minimum absolute atomic E-state index is 0.412. The molecule has 0 atom stereocenters. The number of anilines is 1. The van der Waals surface area contributed by atoms with Crippen molar-refractivity contribution < 1.29 is 0 Å². The second-order valence-electron chi connectivity index (χ2n) is 1.88. The molecule has 0 aromatic carbocycles. The monoisotopic (exact) mass is 157 g/mol. The first-order chi connectivity index (χ1) is 4.74. The van der Waals surface area contributed by atoms with E-state index < -0.39 is 0 Å². The van der Waals surface area contributed by atoms with E-state index in [0.29, 0.717) is 5.15 Å². The predicted octanol–water partition coefficient (Wildman–Crippen LogP) is 1.48. The van der Waals surface area contributed by atoms with Crippen LogP contribution < -0.4 is 5.32 Å². The molecular formula is C6H8ClN3. The van der Waals surface area contributed by atoms with Gasteiger partial charge < -0.3 is 5.32 Å². The highest BCUT2D eigenvalue weighted by molar-refractivity contribution is 6.29. The van der Waals surface area contributed by atoms with Gasteiger partial charge in [-0.05, 0) is 6.92 Å². The number of halogens is 1. The van der Waals surface area contributed by atoms with E-state index in [9.17, 15) is 0 Å². The molecule has 10 heavy (non-hydrogen) atoms. The second kappa shape index (κ2) is 2.84. The molecule has 0 saturated carbocycles. The molecule has 1 N–H and O–H groups in total. The lowest BCUT2D eigenvalue weighted by atomic mass is 10.4. The van der Waals surface area contributed by atoms with Gasteiger partial charge in [-0.1, -0.05) is 11.6 Å². The number of hydrogen-bond donors (Lipinski definition) is 1. The molecular weight excluding hydrogens is 150 g/mol. The van der Waals surface area contributed by atoms with E-state index in [1.165, 1.54) is 6.20 Å². The van der Waals surface area contributed by atoms with Gasteiger partial charge in [-0.2, -0.15) is 0 Å². The molecule has 0 saturated heterocycles. The largest absolute Gasteiger partial charge is 0.372 e. The van der Waals surface area contributed by atoms with Crippen LogP contribution in [0.1, 0.15) is 5.69 Å². The Balaban J connectivity index is 3.09. The number of aromatic nitrogens is 2. The van der Waals surface area contributed by atoms with Crippen molar-refractivity contribution in [2.75, 3.05) is 12.4 Å². The number of nitrogens with zero attached hydrogens (tertiary/aromatic N) is 2. The van der Waals surface area contributed by atoms with Gasteiger partial charge >= 0.3 is 0 Å². The zero-order chi connectivity index (χ0) is 7.56. The molecule has 0 aliphatic carbocycles. The summed E-state index contributed by atoms with van der Waals surface area (Å²) < 4.78 is 0. The van der Waals surface area contributed by atoms with Crippen LogP contribution in [0.25, 0.3) is 0 Å². The highest BCUT2D eigenvalue weighted by Gasteiger charge is 1.97. The quantitative estimate of drug-likeness (QED) is 0.671. The topological polar surface area (TPSA) is 37.8 Å². The Hall–Kier alpha value is -0.830. The van der Waals surface area contributed by atoms with Crippen LogP contribution in [-0.4, -0.2) is 17.0 Å². The summed E-state index contributed by atoms with van der Waals surface area (Å²) in [6.07, 6.45) is 1.53. The summed E-state index contributed by atoms with van der Waals surface area (Å²) >= 11 is 5.58.